The summed E-state index contributed by atoms with van der Waals surface area (Å²) in [5, 5.41) is 2.98. The van der Waals surface area contributed by atoms with Crippen molar-refractivity contribution in [1.82, 2.24) is 10.2 Å². The summed E-state index contributed by atoms with van der Waals surface area (Å²) in [4.78, 5) is 31.2. The van der Waals surface area contributed by atoms with Gasteiger partial charge in [0.1, 0.15) is 0 Å². The van der Waals surface area contributed by atoms with Crippen molar-refractivity contribution in [2.24, 2.45) is 5.92 Å². The Morgan fingerprint density at radius 1 is 1.07 bits per heavy atom. The molecule has 27 heavy (non-hydrogen) atoms. The Labute approximate surface area is 162 Å². The molecule has 1 aromatic carbocycles. The topological polar surface area (TPSA) is 55.9 Å². The molecule has 0 aliphatic carbocycles. The molecule has 2 heterocycles. The molecule has 2 fully saturated rings. The summed E-state index contributed by atoms with van der Waals surface area (Å²) >= 11 is 0. The molecule has 2 amide bonds. The molecule has 1 unspecified atom stereocenters. The fraction of sp³-hybridized carbons (Fsp3) is 0.619. The van der Waals surface area contributed by atoms with Gasteiger partial charge in [-0.3, -0.25) is 9.59 Å². The number of piperazine rings is 1. The zero-order chi connectivity index (χ0) is 19.2. The lowest BCUT2D eigenvalue weighted by Gasteiger charge is -2.34. The van der Waals surface area contributed by atoms with Crippen molar-refractivity contribution < 1.29 is 9.59 Å². The highest BCUT2D eigenvalue weighted by Crippen LogP contribution is 2.27. The highest BCUT2D eigenvalue weighted by atomic mass is 16.2. The Hall–Kier alpha value is -2.08. The van der Waals surface area contributed by atoms with E-state index in [9.17, 15) is 9.59 Å². The van der Waals surface area contributed by atoms with Crippen molar-refractivity contribution in [2.45, 2.75) is 32.6 Å². The van der Waals surface area contributed by atoms with Crippen LogP contribution in [0.3, 0.4) is 0 Å². The molecule has 0 bridgehead atoms. The molecule has 0 aromatic heterocycles. The lowest BCUT2D eigenvalue weighted by Crippen LogP contribution is -2.44. The first-order valence-electron chi connectivity index (χ1n) is 10.2. The lowest BCUT2D eigenvalue weighted by molar-refractivity contribution is -0.126. The van der Waals surface area contributed by atoms with Crippen LogP contribution in [0.15, 0.2) is 24.3 Å². The standard InChI is InChI=1S/C21H32N4O2/c1-3-4-5-10-22-21(27)17-15-20(26)25(16-17)19-8-6-18(7-9-19)24-13-11-23(2)12-14-24/h6-9,17H,3-5,10-16H2,1-2H3,(H,22,27). The zero-order valence-electron chi connectivity index (χ0n) is 16.6. The van der Waals surface area contributed by atoms with E-state index in [1.165, 1.54) is 5.69 Å². The number of carbonyl (C=O) groups is 2. The highest BCUT2D eigenvalue weighted by molar-refractivity contribution is 6.00. The van der Waals surface area contributed by atoms with E-state index in [2.05, 4.69) is 41.2 Å². The molecule has 0 radical (unpaired) electrons. The lowest BCUT2D eigenvalue weighted by atomic mass is 10.1. The number of anilines is 2. The predicted octanol–water partition coefficient (Wildman–Crippen LogP) is 2.10. The minimum Gasteiger partial charge on any atom is -0.369 e. The Balaban J connectivity index is 1.55. The largest absolute Gasteiger partial charge is 0.369 e. The Morgan fingerprint density at radius 2 is 1.74 bits per heavy atom. The van der Waals surface area contributed by atoms with Crippen molar-refractivity contribution >= 4 is 23.2 Å². The SMILES string of the molecule is CCCCCNC(=O)C1CC(=O)N(c2ccc(N3CCN(C)CC3)cc2)C1. The van der Waals surface area contributed by atoms with E-state index in [-0.39, 0.29) is 17.7 Å². The zero-order valence-corrected chi connectivity index (χ0v) is 16.6. The monoisotopic (exact) mass is 372 g/mol. The van der Waals surface area contributed by atoms with E-state index < -0.39 is 0 Å². The first-order chi connectivity index (χ1) is 13.1. The molecule has 0 saturated carbocycles. The molecule has 2 saturated heterocycles. The third-order valence-corrected chi connectivity index (χ3v) is 5.61. The molecule has 1 aromatic rings. The van der Waals surface area contributed by atoms with Gasteiger partial charge in [-0.05, 0) is 37.7 Å². The average Bonchev–Trinajstić information content (AvgIpc) is 3.08. The molecular formula is C21H32N4O2. The van der Waals surface area contributed by atoms with Gasteiger partial charge in [-0.1, -0.05) is 19.8 Å². The minimum absolute atomic E-state index is 0.0102. The molecule has 0 spiro atoms. The van der Waals surface area contributed by atoms with Crippen LogP contribution in [0.4, 0.5) is 11.4 Å². The molecule has 6 nitrogen and oxygen atoms in total. The number of nitrogens with one attached hydrogen (secondary N) is 1. The Kier molecular flexibility index (Phi) is 6.72. The smallest absolute Gasteiger partial charge is 0.227 e. The van der Waals surface area contributed by atoms with Crippen molar-refractivity contribution in [3.05, 3.63) is 24.3 Å². The molecule has 1 N–H and O–H groups in total. The quantitative estimate of drug-likeness (QED) is 0.745. The second-order valence-electron chi connectivity index (χ2n) is 7.71. The summed E-state index contributed by atoms with van der Waals surface area (Å²) in [6.07, 6.45) is 3.56. The van der Waals surface area contributed by atoms with Gasteiger partial charge in [0, 0.05) is 57.1 Å². The van der Waals surface area contributed by atoms with Gasteiger partial charge in [-0.2, -0.15) is 0 Å². The highest BCUT2D eigenvalue weighted by Gasteiger charge is 2.35. The normalized spacial score (nSPS) is 21.0. The van der Waals surface area contributed by atoms with Gasteiger partial charge in [-0.15, -0.1) is 0 Å². The van der Waals surface area contributed by atoms with Crippen LogP contribution in [0.1, 0.15) is 32.6 Å². The molecule has 1 atom stereocenters. The maximum absolute atomic E-state index is 12.4. The molecule has 6 heteroatoms. The first-order valence-corrected chi connectivity index (χ1v) is 10.2. The van der Waals surface area contributed by atoms with Crippen LogP contribution >= 0.6 is 0 Å². The summed E-state index contributed by atoms with van der Waals surface area (Å²) in [5.41, 5.74) is 2.09. The first kappa shape index (κ1) is 19.7. The Bertz CT molecular complexity index is 638. The summed E-state index contributed by atoms with van der Waals surface area (Å²) in [6.45, 7) is 7.52. The fourth-order valence-corrected chi connectivity index (χ4v) is 3.77. The number of unbranched alkanes of at least 4 members (excludes halogenated alkanes) is 2. The maximum Gasteiger partial charge on any atom is 0.227 e. The van der Waals surface area contributed by atoms with Crippen LogP contribution in [0.25, 0.3) is 0 Å². The number of likely N-dealkylation sites (N-methyl/N-ethyl adjacent to an activating group) is 1. The second kappa shape index (κ2) is 9.22. The molecule has 2 aliphatic heterocycles. The third-order valence-electron chi connectivity index (χ3n) is 5.61. The molecule has 148 valence electrons. The third kappa shape index (κ3) is 5.01. The van der Waals surface area contributed by atoms with E-state index in [1.54, 1.807) is 4.90 Å². The fourth-order valence-electron chi connectivity index (χ4n) is 3.77. The van der Waals surface area contributed by atoms with Crippen LogP contribution in [0.5, 0.6) is 0 Å². The van der Waals surface area contributed by atoms with Gasteiger partial charge in [0.05, 0.1) is 5.92 Å². The Morgan fingerprint density at radius 3 is 2.41 bits per heavy atom. The van der Waals surface area contributed by atoms with Crippen LogP contribution in [0, 0.1) is 5.92 Å². The van der Waals surface area contributed by atoms with Crippen molar-refractivity contribution in [3.8, 4) is 0 Å². The van der Waals surface area contributed by atoms with E-state index in [0.717, 1.165) is 51.1 Å². The summed E-state index contributed by atoms with van der Waals surface area (Å²) in [6, 6.07) is 8.19. The van der Waals surface area contributed by atoms with Gasteiger partial charge in [-0.25, -0.2) is 0 Å². The van der Waals surface area contributed by atoms with Crippen LogP contribution in [-0.2, 0) is 9.59 Å². The summed E-state index contributed by atoms with van der Waals surface area (Å²) < 4.78 is 0. The number of rotatable bonds is 7. The number of carbonyl (C=O) groups excluding carboxylic acids is 2. The van der Waals surface area contributed by atoms with Crippen LogP contribution < -0.4 is 15.1 Å². The van der Waals surface area contributed by atoms with Gasteiger partial charge < -0.3 is 20.0 Å². The second-order valence-corrected chi connectivity index (χ2v) is 7.71. The molecule has 3 rings (SSSR count). The molecular weight excluding hydrogens is 340 g/mol. The van der Waals surface area contributed by atoms with E-state index in [1.807, 2.05) is 12.1 Å². The van der Waals surface area contributed by atoms with Crippen LogP contribution in [0.2, 0.25) is 0 Å². The van der Waals surface area contributed by atoms with Crippen molar-refractivity contribution in [1.29, 1.82) is 0 Å². The van der Waals surface area contributed by atoms with Gasteiger partial charge in [0.2, 0.25) is 11.8 Å². The minimum atomic E-state index is -0.239. The van der Waals surface area contributed by atoms with E-state index in [4.69, 9.17) is 0 Å². The van der Waals surface area contributed by atoms with Gasteiger partial charge >= 0.3 is 0 Å². The average molecular weight is 373 g/mol. The van der Waals surface area contributed by atoms with Crippen LogP contribution in [-0.4, -0.2) is 63.0 Å². The number of hydrogen-bond acceptors (Lipinski definition) is 4. The molecule has 2 aliphatic rings. The predicted molar refractivity (Wildman–Crippen MR) is 109 cm³/mol. The number of amides is 2. The van der Waals surface area contributed by atoms with Crippen molar-refractivity contribution in [2.75, 3.05) is 56.1 Å². The van der Waals surface area contributed by atoms with Gasteiger partial charge in [0.15, 0.2) is 0 Å². The maximum atomic E-state index is 12.4. The summed E-state index contributed by atoms with van der Waals surface area (Å²) in [5.74, 6) is -0.191. The summed E-state index contributed by atoms with van der Waals surface area (Å²) in [7, 11) is 2.15. The van der Waals surface area contributed by atoms with E-state index >= 15 is 0 Å². The van der Waals surface area contributed by atoms with E-state index in [0.29, 0.717) is 19.5 Å². The number of nitrogens with zero attached hydrogens (tertiary/aromatic N) is 3. The van der Waals surface area contributed by atoms with Crippen molar-refractivity contribution in [3.63, 3.8) is 0 Å². The number of benzene rings is 1. The van der Waals surface area contributed by atoms with Gasteiger partial charge in [0.25, 0.3) is 0 Å². The number of hydrogen-bond donors (Lipinski definition) is 1.